The number of nitrogens with zero attached hydrogens (tertiary/aromatic N) is 3. The summed E-state index contributed by atoms with van der Waals surface area (Å²) in [5.41, 5.74) is 2.93. The first-order valence-electron chi connectivity index (χ1n) is 13.5. The third-order valence-corrected chi connectivity index (χ3v) is 10.2. The fourth-order valence-corrected chi connectivity index (χ4v) is 7.77. The molecule has 3 heterocycles. The van der Waals surface area contributed by atoms with Crippen molar-refractivity contribution in [2.45, 2.75) is 42.5 Å². The van der Waals surface area contributed by atoms with Gasteiger partial charge >= 0.3 is 0 Å². The Morgan fingerprint density at radius 1 is 0.872 bits per heavy atom. The summed E-state index contributed by atoms with van der Waals surface area (Å²) in [6.07, 6.45) is 2.90. The van der Waals surface area contributed by atoms with E-state index in [0.717, 1.165) is 35.3 Å². The standard InChI is InChI=1S/C30H31ClN4O3S/c31-24-11-13-25(14-12-24)39(37,38)35-20-23(10-15-28(35)21-6-2-1-3-7-21)30(36)34-18-16-22(17-19-34)29-32-26-8-4-5-9-27(26)33-29/h1-9,11-14,22-23,28H,10,15-20H2,(H,32,33). The summed E-state index contributed by atoms with van der Waals surface area (Å²) in [4.78, 5) is 24.0. The summed E-state index contributed by atoms with van der Waals surface area (Å²) >= 11 is 6.03. The molecule has 0 bridgehead atoms. The largest absolute Gasteiger partial charge is 0.342 e. The number of fused-ring (bicyclic) bond motifs is 1. The number of nitrogens with one attached hydrogen (secondary N) is 1. The molecular formula is C30H31ClN4O3S. The maximum absolute atomic E-state index is 13.8. The van der Waals surface area contributed by atoms with Gasteiger partial charge in [-0.2, -0.15) is 4.31 Å². The lowest BCUT2D eigenvalue weighted by molar-refractivity contribution is -0.138. The maximum atomic E-state index is 13.8. The Balaban J connectivity index is 1.19. The molecule has 9 heteroatoms. The number of halogens is 1. The van der Waals surface area contributed by atoms with E-state index in [2.05, 4.69) is 4.98 Å². The SMILES string of the molecule is O=C(C1CCC(c2ccccc2)N(S(=O)(=O)c2ccc(Cl)cc2)C1)N1CCC(c2nc3ccccc3[nH]2)CC1. The second-order valence-electron chi connectivity index (χ2n) is 10.5. The molecule has 0 spiro atoms. The van der Waals surface area contributed by atoms with E-state index in [-0.39, 0.29) is 35.2 Å². The zero-order valence-corrected chi connectivity index (χ0v) is 23.1. The van der Waals surface area contributed by atoms with Crippen LogP contribution >= 0.6 is 11.6 Å². The number of carbonyl (C=O) groups excluding carboxylic acids is 1. The zero-order valence-electron chi connectivity index (χ0n) is 21.5. The highest BCUT2D eigenvalue weighted by molar-refractivity contribution is 7.89. The highest BCUT2D eigenvalue weighted by atomic mass is 35.5. The number of sulfonamides is 1. The van der Waals surface area contributed by atoms with E-state index in [9.17, 15) is 13.2 Å². The molecular weight excluding hydrogens is 532 g/mol. The van der Waals surface area contributed by atoms with Crippen molar-refractivity contribution < 1.29 is 13.2 Å². The highest BCUT2D eigenvalue weighted by Crippen LogP contribution is 2.39. The van der Waals surface area contributed by atoms with E-state index in [1.807, 2.05) is 59.5 Å². The summed E-state index contributed by atoms with van der Waals surface area (Å²) in [5.74, 6) is 0.916. The van der Waals surface area contributed by atoms with Crippen LogP contribution in [-0.4, -0.2) is 53.1 Å². The van der Waals surface area contributed by atoms with Crippen molar-refractivity contribution in [3.63, 3.8) is 0 Å². The number of piperidine rings is 2. The maximum Gasteiger partial charge on any atom is 0.243 e. The summed E-state index contributed by atoms with van der Waals surface area (Å²) in [5, 5.41) is 0.478. The summed E-state index contributed by atoms with van der Waals surface area (Å²) < 4.78 is 29.2. The molecule has 2 atom stereocenters. The molecule has 7 nitrogen and oxygen atoms in total. The number of rotatable bonds is 5. The van der Waals surface area contributed by atoms with E-state index in [4.69, 9.17) is 16.6 Å². The number of hydrogen-bond donors (Lipinski definition) is 1. The normalized spacial score (nSPS) is 21.3. The molecule has 0 saturated carbocycles. The smallest absolute Gasteiger partial charge is 0.243 e. The summed E-state index contributed by atoms with van der Waals surface area (Å²) in [6, 6.07) is 23.6. The Kier molecular flexibility index (Phi) is 7.18. The van der Waals surface area contributed by atoms with E-state index < -0.39 is 10.0 Å². The fourth-order valence-electron chi connectivity index (χ4n) is 5.95. The second-order valence-corrected chi connectivity index (χ2v) is 12.8. The van der Waals surface area contributed by atoms with Gasteiger partial charge in [0, 0.05) is 30.6 Å². The number of H-pyrrole nitrogens is 1. The molecule has 1 aromatic heterocycles. The highest BCUT2D eigenvalue weighted by Gasteiger charge is 2.41. The van der Waals surface area contributed by atoms with Gasteiger partial charge in [-0.3, -0.25) is 4.79 Å². The lowest BCUT2D eigenvalue weighted by atomic mass is 9.89. The molecule has 0 radical (unpaired) electrons. The predicted molar refractivity (Wildman–Crippen MR) is 152 cm³/mol. The molecule has 1 amide bonds. The number of para-hydroxylation sites is 2. The Bertz CT molecular complexity index is 1530. The van der Waals surface area contributed by atoms with Gasteiger partial charge < -0.3 is 9.88 Å². The molecule has 2 fully saturated rings. The third-order valence-electron chi connectivity index (χ3n) is 8.09. The lowest BCUT2D eigenvalue weighted by Crippen LogP contribution is -2.49. The minimum absolute atomic E-state index is 0.0425. The van der Waals surface area contributed by atoms with Gasteiger partial charge in [0.05, 0.1) is 27.9 Å². The molecule has 3 aromatic carbocycles. The Hall–Kier alpha value is -3.20. The van der Waals surface area contributed by atoms with Crippen LogP contribution in [0.3, 0.4) is 0 Å². The van der Waals surface area contributed by atoms with Gasteiger partial charge in [0.2, 0.25) is 15.9 Å². The van der Waals surface area contributed by atoms with Crippen LogP contribution in [0, 0.1) is 5.92 Å². The quantitative estimate of drug-likeness (QED) is 0.335. The number of hydrogen-bond acceptors (Lipinski definition) is 4. The number of carbonyl (C=O) groups is 1. The molecule has 2 aliphatic heterocycles. The van der Waals surface area contributed by atoms with E-state index in [1.54, 1.807) is 12.1 Å². The molecule has 0 aliphatic carbocycles. The topological polar surface area (TPSA) is 86.4 Å². The van der Waals surface area contributed by atoms with Crippen LogP contribution in [0.1, 0.15) is 49.0 Å². The van der Waals surface area contributed by atoms with Crippen molar-refractivity contribution in [2.24, 2.45) is 5.92 Å². The molecule has 6 rings (SSSR count). The van der Waals surface area contributed by atoms with Crippen molar-refractivity contribution in [1.29, 1.82) is 0 Å². The average molecular weight is 563 g/mol. The van der Waals surface area contributed by atoms with E-state index >= 15 is 0 Å². The van der Waals surface area contributed by atoms with Gasteiger partial charge in [-0.15, -0.1) is 0 Å². The van der Waals surface area contributed by atoms with Crippen molar-refractivity contribution in [3.05, 3.63) is 95.3 Å². The van der Waals surface area contributed by atoms with Crippen LogP contribution in [0.5, 0.6) is 0 Å². The van der Waals surface area contributed by atoms with Crippen LogP contribution in [0.2, 0.25) is 5.02 Å². The predicted octanol–water partition coefficient (Wildman–Crippen LogP) is 5.76. The first-order valence-corrected chi connectivity index (χ1v) is 15.3. The Labute approximate surface area is 233 Å². The van der Waals surface area contributed by atoms with Crippen molar-refractivity contribution in [2.75, 3.05) is 19.6 Å². The number of aromatic nitrogens is 2. The zero-order chi connectivity index (χ0) is 27.0. The van der Waals surface area contributed by atoms with Gasteiger partial charge in [0.15, 0.2) is 0 Å². The third kappa shape index (κ3) is 5.21. The molecule has 2 saturated heterocycles. The Morgan fingerprint density at radius 3 is 2.28 bits per heavy atom. The van der Waals surface area contributed by atoms with Crippen LogP contribution in [0.25, 0.3) is 11.0 Å². The van der Waals surface area contributed by atoms with Gasteiger partial charge in [0.1, 0.15) is 5.82 Å². The summed E-state index contributed by atoms with van der Waals surface area (Å²) in [6.45, 7) is 1.44. The Morgan fingerprint density at radius 2 is 1.56 bits per heavy atom. The number of amides is 1. The lowest BCUT2D eigenvalue weighted by Gasteiger charge is -2.41. The number of benzene rings is 3. The number of aromatic amines is 1. The molecule has 39 heavy (non-hydrogen) atoms. The first-order chi connectivity index (χ1) is 18.9. The van der Waals surface area contributed by atoms with Crippen molar-refractivity contribution >= 4 is 38.6 Å². The van der Waals surface area contributed by atoms with Crippen molar-refractivity contribution in [3.8, 4) is 0 Å². The molecule has 2 unspecified atom stereocenters. The second kappa shape index (κ2) is 10.8. The van der Waals surface area contributed by atoms with E-state index in [1.165, 1.54) is 16.4 Å². The molecule has 4 aromatic rings. The van der Waals surface area contributed by atoms with Gasteiger partial charge in [-0.25, -0.2) is 13.4 Å². The molecule has 2 aliphatic rings. The van der Waals surface area contributed by atoms with E-state index in [0.29, 0.717) is 31.0 Å². The average Bonchev–Trinajstić information content (AvgIpc) is 3.42. The molecule has 202 valence electrons. The van der Waals surface area contributed by atoms with Gasteiger partial charge in [-0.05, 0) is 67.6 Å². The van der Waals surface area contributed by atoms with Crippen LogP contribution in [0.15, 0.2) is 83.8 Å². The van der Waals surface area contributed by atoms with Gasteiger partial charge in [0.25, 0.3) is 0 Å². The van der Waals surface area contributed by atoms with Gasteiger partial charge in [-0.1, -0.05) is 54.1 Å². The minimum atomic E-state index is -3.84. The minimum Gasteiger partial charge on any atom is -0.342 e. The first kappa shape index (κ1) is 26.0. The van der Waals surface area contributed by atoms with Crippen LogP contribution in [-0.2, 0) is 14.8 Å². The molecule has 1 N–H and O–H groups in total. The van der Waals surface area contributed by atoms with Crippen molar-refractivity contribution in [1.82, 2.24) is 19.2 Å². The monoisotopic (exact) mass is 562 g/mol. The number of likely N-dealkylation sites (tertiary alicyclic amines) is 1. The number of imidazole rings is 1. The summed E-state index contributed by atoms with van der Waals surface area (Å²) in [7, 11) is -3.84. The fraction of sp³-hybridized carbons (Fsp3) is 0.333. The van der Waals surface area contributed by atoms with Crippen LogP contribution in [0.4, 0.5) is 0 Å². The van der Waals surface area contributed by atoms with Crippen LogP contribution < -0.4 is 0 Å².